The summed E-state index contributed by atoms with van der Waals surface area (Å²) >= 11 is 0. The highest BCUT2D eigenvalue weighted by atomic mass is 16.5. The van der Waals surface area contributed by atoms with Crippen molar-refractivity contribution in [3.8, 4) is 5.75 Å². The zero-order valence-electron chi connectivity index (χ0n) is 17.9. The molecule has 3 rings (SSSR count). The number of anilines is 2. The number of allylic oxidation sites excluding steroid dienone is 1. The molecule has 0 unspecified atom stereocenters. The van der Waals surface area contributed by atoms with E-state index in [0.29, 0.717) is 23.7 Å². The minimum absolute atomic E-state index is 0.143. The maximum absolute atomic E-state index is 12.5. The van der Waals surface area contributed by atoms with E-state index >= 15 is 0 Å². The molecule has 6 nitrogen and oxygen atoms in total. The van der Waals surface area contributed by atoms with Crippen molar-refractivity contribution in [3.63, 3.8) is 0 Å². The first-order valence-electron chi connectivity index (χ1n) is 9.82. The number of carbonyl (C=O) groups excluding carboxylic acids is 2. The molecule has 30 heavy (non-hydrogen) atoms. The number of benzene rings is 2. The molecule has 0 atom stereocenters. The van der Waals surface area contributed by atoms with Crippen LogP contribution in [0.1, 0.15) is 37.7 Å². The number of carbonyl (C=O) groups is 2. The number of furan rings is 1. The van der Waals surface area contributed by atoms with Crippen molar-refractivity contribution in [3.05, 3.63) is 59.4 Å². The van der Waals surface area contributed by atoms with Gasteiger partial charge in [0, 0.05) is 41.4 Å². The lowest BCUT2D eigenvalue weighted by Gasteiger charge is -2.11. The predicted octanol–water partition coefficient (Wildman–Crippen LogP) is 5.45. The molecule has 0 aliphatic rings. The molecule has 0 radical (unpaired) electrons. The van der Waals surface area contributed by atoms with E-state index in [2.05, 4.69) is 10.6 Å². The fraction of sp³-hybridized carbons (Fsp3) is 0.250. The Kier molecular flexibility index (Phi) is 6.26. The Hall–Kier alpha value is -3.54. The highest BCUT2D eigenvalue weighted by molar-refractivity contribution is 6.05. The van der Waals surface area contributed by atoms with E-state index in [1.807, 2.05) is 39.8 Å². The molecule has 0 fully saturated rings. The van der Waals surface area contributed by atoms with Crippen LogP contribution in [0.5, 0.6) is 5.75 Å². The Morgan fingerprint density at radius 2 is 1.67 bits per heavy atom. The second-order valence-electron chi connectivity index (χ2n) is 7.14. The molecule has 1 aromatic heterocycles. The average molecular weight is 406 g/mol. The number of nitrogens with one attached hydrogen (secondary N) is 2. The van der Waals surface area contributed by atoms with Crippen LogP contribution < -0.4 is 15.4 Å². The molecule has 6 heteroatoms. The lowest BCUT2D eigenvalue weighted by molar-refractivity contribution is -0.114. The van der Waals surface area contributed by atoms with Crippen LogP contribution in [0.3, 0.4) is 0 Å². The summed E-state index contributed by atoms with van der Waals surface area (Å²) in [5.74, 6) is 1.16. The molecule has 0 aliphatic carbocycles. The van der Waals surface area contributed by atoms with Gasteiger partial charge in [-0.25, -0.2) is 0 Å². The summed E-state index contributed by atoms with van der Waals surface area (Å²) in [5, 5.41) is 6.54. The van der Waals surface area contributed by atoms with Crippen LogP contribution in [0, 0.1) is 13.8 Å². The monoisotopic (exact) mass is 406 g/mol. The highest BCUT2D eigenvalue weighted by Gasteiger charge is 2.14. The molecule has 1 heterocycles. The molecule has 2 aromatic carbocycles. The molecular weight excluding hydrogens is 380 g/mol. The van der Waals surface area contributed by atoms with Crippen LogP contribution in [-0.4, -0.2) is 18.4 Å². The van der Waals surface area contributed by atoms with Crippen LogP contribution in [-0.2, 0) is 9.59 Å². The molecule has 0 saturated carbocycles. The first-order chi connectivity index (χ1) is 14.3. The second kappa shape index (κ2) is 8.86. The van der Waals surface area contributed by atoms with E-state index in [9.17, 15) is 9.59 Å². The molecule has 0 saturated heterocycles. The van der Waals surface area contributed by atoms with Gasteiger partial charge >= 0.3 is 0 Å². The predicted molar refractivity (Wildman–Crippen MR) is 120 cm³/mol. The van der Waals surface area contributed by atoms with E-state index in [1.54, 1.807) is 30.3 Å². The Morgan fingerprint density at radius 1 is 1.03 bits per heavy atom. The third kappa shape index (κ3) is 4.71. The van der Waals surface area contributed by atoms with E-state index < -0.39 is 0 Å². The summed E-state index contributed by atoms with van der Waals surface area (Å²) in [5.41, 5.74) is 4.79. The largest absolute Gasteiger partial charge is 0.493 e. The van der Waals surface area contributed by atoms with Crippen molar-refractivity contribution in [1.82, 2.24) is 0 Å². The number of aryl methyl sites for hydroxylation is 2. The number of rotatable bonds is 6. The summed E-state index contributed by atoms with van der Waals surface area (Å²) in [6, 6.07) is 10.8. The summed E-state index contributed by atoms with van der Waals surface area (Å²) < 4.78 is 11.6. The maximum atomic E-state index is 12.5. The standard InChI is InChI=1S/C24H26N2O4/c1-6-29-22-13-23-21(15(3)16(4)30-23)12-20(22)14(2)11-24(28)26-19-9-7-18(8-10-19)25-17(5)27/h7-13H,6H2,1-5H3,(H,25,27)(H,26,28)/b14-11+. The van der Waals surface area contributed by atoms with Gasteiger partial charge in [-0.15, -0.1) is 0 Å². The van der Waals surface area contributed by atoms with E-state index in [4.69, 9.17) is 9.15 Å². The molecule has 0 bridgehead atoms. The molecule has 0 aliphatic heterocycles. The van der Waals surface area contributed by atoms with Gasteiger partial charge in [0.05, 0.1) is 6.61 Å². The van der Waals surface area contributed by atoms with Crippen LogP contribution in [0.2, 0.25) is 0 Å². The zero-order valence-corrected chi connectivity index (χ0v) is 17.9. The van der Waals surface area contributed by atoms with Crippen molar-refractivity contribution in [2.24, 2.45) is 0 Å². The Balaban J connectivity index is 1.85. The second-order valence-corrected chi connectivity index (χ2v) is 7.14. The van der Waals surface area contributed by atoms with Gasteiger partial charge in [-0.05, 0) is 69.2 Å². The van der Waals surface area contributed by atoms with Gasteiger partial charge in [0.2, 0.25) is 11.8 Å². The van der Waals surface area contributed by atoms with E-state index in [1.165, 1.54) is 6.92 Å². The zero-order chi connectivity index (χ0) is 21.8. The fourth-order valence-electron chi connectivity index (χ4n) is 3.25. The van der Waals surface area contributed by atoms with Gasteiger partial charge in [0.15, 0.2) is 0 Å². The molecular formula is C24H26N2O4. The van der Waals surface area contributed by atoms with Gasteiger partial charge in [-0.2, -0.15) is 0 Å². The topological polar surface area (TPSA) is 80.6 Å². The van der Waals surface area contributed by atoms with Crippen molar-refractivity contribution in [2.45, 2.75) is 34.6 Å². The minimum atomic E-state index is -0.248. The summed E-state index contributed by atoms with van der Waals surface area (Å²) in [6.45, 7) is 9.71. The van der Waals surface area contributed by atoms with Crippen molar-refractivity contribution >= 4 is 39.7 Å². The molecule has 2 N–H and O–H groups in total. The molecule has 0 spiro atoms. The molecule has 156 valence electrons. The third-order valence-electron chi connectivity index (χ3n) is 4.82. The van der Waals surface area contributed by atoms with E-state index in [0.717, 1.165) is 33.4 Å². The lowest BCUT2D eigenvalue weighted by Crippen LogP contribution is -2.09. The van der Waals surface area contributed by atoms with Gasteiger partial charge in [0.25, 0.3) is 0 Å². The van der Waals surface area contributed by atoms with Crippen molar-refractivity contribution in [1.29, 1.82) is 0 Å². The average Bonchev–Trinajstić information content (AvgIpc) is 2.95. The number of ether oxygens (including phenoxy) is 1. The smallest absolute Gasteiger partial charge is 0.248 e. The molecule has 2 amide bonds. The minimum Gasteiger partial charge on any atom is -0.493 e. The van der Waals surface area contributed by atoms with Crippen LogP contribution in [0.25, 0.3) is 16.5 Å². The van der Waals surface area contributed by atoms with Gasteiger partial charge in [-0.3, -0.25) is 9.59 Å². The Bertz CT molecular complexity index is 1120. The highest BCUT2D eigenvalue weighted by Crippen LogP contribution is 2.35. The van der Waals surface area contributed by atoms with Gasteiger partial charge in [-0.1, -0.05) is 0 Å². The van der Waals surface area contributed by atoms with E-state index in [-0.39, 0.29) is 11.8 Å². The fourth-order valence-corrected chi connectivity index (χ4v) is 3.25. The normalized spacial score (nSPS) is 11.4. The number of hydrogen-bond donors (Lipinski definition) is 2. The Morgan fingerprint density at radius 3 is 2.27 bits per heavy atom. The lowest BCUT2D eigenvalue weighted by atomic mass is 10.0. The summed E-state index contributed by atoms with van der Waals surface area (Å²) in [7, 11) is 0. The summed E-state index contributed by atoms with van der Waals surface area (Å²) in [4.78, 5) is 23.7. The van der Waals surface area contributed by atoms with Crippen LogP contribution in [0.15, 0.2) is 46.9 Å². The number of hydrogen-bond acceptors (Lipinski definition) is 4. The van der Waals surface area contributed by atoms with Crippen molar-refractivity contribution < 1.29 is 18.7 Å². The van der Waals surface area contributed by atoms with Crippen LogP contribution in [0.4, 0.5) is 11.4 Å². The van der Waals surface area contributed by atoms with Crippen molar-refractivity contribution in [2.75, 3.05) is 17.2 Å². The first kappa shape index (κ1) is 21.2. The quantitative estimate of drug-likeness (QED) is 0.534. The third-order valence-corrected chi connectivity index (χ3v) is 4.82. The summed E-state index contributed by atoms with van der Waals surface area (Å²) in [6.07, 6.45) is 1.55. The van der Waals surface area contributed by atoms with Gasteiger partial charge in [0.1, 0.15) is 17.1 Å². The molecule has 3 aromatic rings. The van der Waals surface area contributed by atoms with Crippen LogP contribution >= 0.6 is 0 Å². The Labute approximate surface area is 175 Å². The number of fused-ring (bicyclic) bond motifs is 1. The first-order valence-corrected chi connectivity index (χ1v) is 9.82. The number of amides is 2. The van der Waals surface area contributed by atoms with Gasteiger partial charge < -0.3 is 19.8 Å². The SMILES string of the molecule is CCOc1cc2oc(C)c(C)c2cc1/C(C)=C/C(=O)Nc1ccc(NC(C)=O)cc1. The maximum Gasteiger partial charge on any atom is 0.248 e.